The van der Waals surface area contributed by atoms with E-state index in [2.05, 4.69) is 0 Å². The van der Waals surface area contributed by atoms with Crippen LogP contribution in [0.1, 0.15) is 0 Å². The van der Waals surface area contributed by atoms with Gasteiger partial charge in [-0.25, -0.2) is 0 Å². The Morgan fingerprint density at radius 3 is 2.62 bits per heavy atom. The molecule has 2 nitrogen and oxygen atoms in total. The van der Waals surface area contributed by atoms with Gasteiger partial charge in [0, 0.05) is 13.7 Å². The lowest BCUT2D eigenvalue weighted by molar-refractivity contribution is 0.169. The van der Waals surface area contributed by atoms with Gasteiger partial charge in [0.25, 0.3) is 0 Å². The quantitative estimate of drug-likeness (QED) is 0.419. The molecule has 0 heterocycles. The van der Waals surface area contributed by atoms with Crippen molar-refractivity contribution in [3.05, 3.63) is 0 Å². The van der Waals surface area contributed by atoms with E-state index in [1.165, 1.54) is 0 Å². The summed E-state index contributed by atoms with van der Waals surface area (Å²) >= 11 is 5.46. The molecule has 50 valence electrons. The highest BCUT2D eigenvalue weighted by Crippen LogP contribution is 1.83. The van der Waals surface area contributed by atoms with E-state index in [0.717, 1.165) is 13.2 Å². The van der Waals surface area contributed by atoms with Gasteiger partial charge in [0.1, 0.15) is 0 Å². The Hall–Kier alpha value is 0.210. The molecule has 0 bridgehead atoms. The van der Waals surface area contributed by atoms with Gasteiger partial charge in [-0.1, -0.05) is 0 Å². The maximum atomic E-state index is 5.46. The van der Waals surface area contributed by atoms with Crippen molar-refractivity contribution in [2.24, 2.45) is 0 Å². The second-order valence-electron chi connectivity index (χ2n) is 1.69. The first-order chi connectivity index (χ1) is 3.81. The Bertz CT molecular complexity index is 51.7. The lowest BCUT2D eigenvalue weighted by atomic mass is 10.6. The summed E-state index contributed by atoms with van der Waals surface area (Å²) in [7, 11) is 3.63. The molecule has 0 aromatic carbocycles. The van der Waals surface area contributed by atoms with Crippen LogP contribution in [-0.2, 0) is 4.74 Å². The van der Waals surface area contributed by atoms with Gasteiger partial charge in [-0.15, -0.1) is 11.6 Å². The lowest BCUT2D eigenvalue weighted by Gasteiger charge is -2.10. The fourth-order valence-corrected chi connectivity index (χ4v) is 0.426. The molecule has 8 heavy (non-hydrogen) atoms. The number of alkyl halides is 1. The van der Waals surface area contributed by atoms with E-state index in [4.69, 9.17) is 16.3 Å². The summed E-state index contributed by atoms with van der Waals surface area (Å²) in [5.41, 5.74) is 0. The average Bonchev–Trinajstić information content (AvgIpc) is 1.83. The van der Waals surface area contributed by atoms with Crippen LogP contribution in [-0.4, -0.2) is 38.2 Å². The first-order valence-corrected chi connectivity index (χ1v) is 3.08. The van der Waals surface area contributed by atoms with Crippen molar-refractivity contribution in [3.63, 3.8) is 0 Å². The summed E-state index contributed by atoms with van der Waals surface area (Å²) < 4.78 is 4.81. The van der Waals surface area contributed by atoms with Crippen LogP contribution in [0.2, 0.25) is 0 Å². The molecule has 0 aliphatic heterocycles. The molecule has 0 aromatic heterocycles. The van der Waals surface area contributed by atoms with Crippen LogP contribution < -0.4 is 0 Å². The van der Waals surface area contributed by atoms with Gasteiger partial charge in [0.2, 0.25) is 0 Å². The molecule has 0 amide bonds. The summed E-state index contributed by atoms with van der Waals surface area (Å²) in [5.74, 6) is 0. The molecule has 3 heteroatoms. The topological polar surface area (TPSA) is 12.5 Å². The van der Waals surface area contributed by atoms with Crippen molar-refractivity contribution < 1.29 is 4.74 Å². The number of nitrogens with zero attached hydrogens (tertiary/aromatic N) is 1. The zero-order valence-corrected chi connectivity index (χ0v) is 6.11. The molecule has 0 saturated carbocycles. The van der Waals surface area contributed by atoms with Gasteiger partial charge in [-0.3, -0.25) is 4.90 Å². The molecule has 0 atom stereocenters. The van der Waals surface area contributed by atoms with Gasteiger partial charge in [-0.2, -0.15) is 0 Å². The second kappa shape index (κ2) is 5.35. The van der Waals surface area contributed by atoms with Crippen LogP contribution in [0, 0.1) is 0 Å². The van der Waals surface area contributed by atoms with Gasteiger partial charge >= 0.3 is 0 Å². The third-order valence-electron chi connectivity index (χ3n) is 0.881. The van der Waals surface area contributed by atoms with E-state index in [0.29, 0.717) is 6.00 Å². The van der Waals surface area contributed by atoms with E-state index >= 15 is 0 Å². The summed E-state index contributed by atoms with van der Waals surface area (Å²) in [6.07, 6.45) is 0. The molecule has 0 aliphatic carbocycles. The largest absolute Gasteiger partial charge is 0.383 e. The predicted molar refractivity (Wildman–Crippen MR) is 35.2 cm³/mol. The van der Waals surface area contributed by atoms with Gasteiger partial charge in [0.05, 0.1) is 12.6 Å². The van der Waals surface area contributed by atoms with E-state index in [-0.39, 0.29) is 0 Å². The molecule has 0 fully saturated rings. The minimum Gasteiger partial charge on any atom is -0.383 e. The minimum absolute atomic E-state index is 0.573. The molecular weight excluding hydrogens is 126 g/mol. The number of halogens is 1. The molecule has 0 saturated heterocycles. The summed E-state index contributed by atoms with van der Waals surface area (Å²) in [4.78, 5) is 1.98. The molecule has 0 rings (SSSR count). The Kier molecular flexibility index (Phi) is 5.49. The van der Waals surface area contributed by atoms with Crippen molar-refractivity contribution in [1.82, 2.24) is 4.90 Å². The van der Waals surface area contributed by atoms with Crippen LogP contribution in [0.25, 0.3) is 0 Å². The summed E-state index contributed by atoms with van der Waals surface area (Å²) in [5, 5.41) is 0. The van der Waals surface area contributed by atoms with E-state index in [9.17, 15) is 0 Å². The highest BCUT2D eigenvalue weighted by molar-refractivity contribution is 6.17. The zero-order chi connectivity index (χ0) is 6.41. The third kappa shape index (κ3) is 4.37. The summed E-state index contributed by atoms with van der Waals surface area (Å²) in [6.45, 7) is 1.66. The third-order valence-corrected chi connectivity index (χ3v) is 1.29. The van der Waals surface area contributed by atoms with Crippen molar-refractivity contribution >= 4 is 11.6 Å². The van der Waals surface area contributed by atoms with Gasteiger partial charge in [-0.05, 0) is 7.05 Å². The minimum atomic E-state index is 0.573. The van der Waals surface area contributed by atoms with Crippen LogP contribution in [0.4, 0.5) is 0 Å². The molecular formula is C5H12ClNO. The number of hydrogen-bond acceptors (Lipinski definition) is 2. The van der Waals surface area contributed by atoms with Crippen molar-refractivity contribution in [2.75, 3.05) is 33.3 Å². The number of likely N-dealkylation sites (N-methyl/N-ethyl adjacent to an activating group) is 1. The molecule has 0 unspecified atom stereocenters. The standard InChI is InChI=1S/C5H12ClNO/c1-7(5-6)3-4-8-2/h3-5H2,1-2H3. The smallest absolute Gasteiger partial charge is 0.0736 e. The van der Waals surface area contributed by atoms with E-state index in [1.54, 1.807) is 7.11 Å². The van der Waals surface area contributed by atoms with Crippen LogP contribution in [0.3, 0.4) is 0 Å². The average molecular weight is 138 g/mol. The maximum Gasteiger partial charge on any atom is 0.0736 e. The Balaban J connectivity index is 2.86. The van der Waals surface area contributed by atoms with E-state index in [1.807, 2.05) is 11.9 Å². The molecule has 0 aliphatic rings. The first kappa shape index (κ1) is 8.21. The zero-order valence-electron chi connectivity index (χ0n) is 5.35. The van der Waals surface area contributed by atoms with Crippen molar-refractivity contribution in [3.8, 4) is 0 Å². The SMILES string of the molecule is COCCN(C)CCl. The van der Waals surface area contributed by atoms with Crippen molar-refractivity contribution in [1.29, 1.82) is 0 Å². The van der Waals surface area contributed by atoms with Gasteiger partial charge < -0.3 is 4.74 Å². The highest BCUT2D eigenvalue weighted by Gasteiger charge is 1.90. The lowest BCUT2D eigenvalue weighted by Crippen LogP contribution is -2.20. The van der Waals surface area contributed by atoms with Crippen LogP contribution >= 0.6 is 11.6 Å². The highest BCUT2D eigenvalue weighted by atomic mass is 35.5. The molecule has 0 N–H and O–H groups in total. The van der Waals surface area contributed by atoms with Gasteiger partial charge in [0.15, 0.2) is 0 Å². The fourth-order valence-electron chi connectivity index (χ4n) is 0.307. The Morgan fingerprint density at radius 1 is 1.62 bits per heavy atom. The number of methoxy groups -OCH3 is 1. The van der Waals surface area contributed by atoms with E-state index < -0.39 is 0 Å². The number of rotatable bonds is 4. The fraction of sp³-hybridized carbons (Fsp3) is 1.00. The summed E-state index contributed by atoms with van der Waals surface area (Å²) in [6, 6.07) is 0.573. The molecule has 0 radical (unpaired) electrons. The Morgan fingerprint density at radius 2 is 2.25 bits per heavy atom. The van der Waals surface area contributed by atoms with Crippen LogP contribution in [0.5, 0.6) is 0 Å². The Labute approximate surface area is 55.4 Å². The van der Waals surface area contributed by atoms with Crippen LogP contribution in [0.15, 0.2) is 0 Å². The predicted octanol–water partition coefficient (Wildman–Crippen LogP) is 0.761. The first-order valence-electron chi connectivity index (χ1n) is 2.54. The molecule has 0 aromatic rings. The van der Waals surface area contributed by atoms with Crippen molar-refractivity contribution in [2.45, 2.75) is 0 Å². The number of ether oxygens (including phenoxy) is 1. The normalized spacial score (nSPS) is 10.5. The number of hydrogen-bond donors (Lipinski definition) is 0. The second-order valence-corrected chi connectivity index (χ2v) is 1.93. The monoisotopic (exact) mass is 137 g/mol. The molecule has 0 spiro atoms. The maximum absolute atomic E-state index is 5.46.